The maximum atomic E-state index is 11.9. The lowest BCUT2D eigenvalue weighted by Gasteiger charge is -2.26. The summed E-state index contributed by atoms with van der Waals surface area (Å²) in [4.78, 5) is 23.6. The molecule has 0 saturated carbocycles. The quantitative estimate of drug-likeness (QED) is 0.846. The van der Waals surface area contributed by atoms with Crippen molar-refractivity contribution in [3.8, 4) is 0 Å². The minimum absolute atomic E-state index is 0.116. The zero-order valence-corrected chi connectivity index (χ0v) is 11.5. The van der Waals surface area contributed by atoms with E-state index in [2.05, 4.69) is 5.32 Å². The smallest absolute Gasteiger partial charge is 0.336 e. The van der Waals surface area contributed by atoms with Gasteiger partial charge in [-0.3, -0.25) is 4.79 Å². The molecule has 0 unspecified atom stereocenters. The standard InChI is InChI=1S/C14H14ClNO3/c1-8-13(14(18)19-2)11(7-12(17)16-8)9-4-3-5-10(15)6-9/h3-6,11H,7H2,1-2H3,(H,16,17)/t11-/m1/s1. The Kier molecular flexibility index (Phi) is 3.90. The number of carbonyl (C=O) groups is 2. The van der Waals surface area contributed by atoms with Crippen molar-refractivity contribution >= 4 is 23.5 Å². The summed E-state index contributed by atoms with van der Waals surface area (Å²) in [7, 11) is 1.33. The molecule has 2 rings (SSSR count). The third-order valence-corrected chi connectivity index (χ3v) is 3.36. The molecule has 0 aromatic heterocycles. The number of carbonyl (C=O) groups excluding carboxylic acids is 2. The van der Waals surface area contributed by atoms with Crippen LogP contribution in [0.2, 0.25) is 5.02 Å². The van der Waals surface area contributed by atoms with Crippen LogP contribution in [0.5, 0.6) is 0 Å². The molecule has 1 N–H and O–H groups in total. The van der Waals surface area contributed by atoms with Crippen molar-refractivity contribution < 1.29 is 14.3 Å². The first kappa shape index (κ1) is 13.6. The summed E-state index contributed by atoms with van der Waals surface area (Å²) in [5.74, 6) is -0.863. The molecule has 4 nitrogen and oxygen atoms in total. The summed E-state index contributed by atoms with van der Waals surface area (Å²) in [5, 5.41) is 3.24. The number of rotatable bonds is 2. The van der Waals surface area contributed by atoms with Gasteiger partial charge in [-0.05, 0) is 24.6 Å². The number of ether oxygens (including phenoxy) is 1. The van der Waals surface area contributed by atoms with Gasteiger partial charge in [0.1, 0.15) is 0 Å². The molecule has 1 aliphatic rings. The molecule has 0 saturated heterocycles. The number of benzene rings is 1. The van der Waals surface area contributed by atoms with Gasteiger partial charge in [-0.2, -0.15) is 0 Å². The lowest BCUT2D eigenvalue weighted by molar-refractivity contribution is -0.136. The first-order valence-electron chi connectivity index (χ1n) is 5.87. The van der Waals surface area contributed by atoms with Crippen molar-refractivity contribution in [3.63, 3.8) is 0 Å². The predicted octanol–water partition coefficient (Wildman–Crippen LogP) is 2.39. The van der Waals surface area contributed by atoms with Crippen LogP contribution in [0.1, 0.15) is 24.8 Å². The van der Waals surface area contributed by atoms with Gasteiger partial charge in [-0.25, -0.2) is 4.79 Å². The van der Waals surface area contributed by atoms with E-state index in [1.54, 1.807) is 25.1 Å². The van der Waals surface area contributed by atoms with Crippen molar-refractivity contribution in [3.05, 3.63) is 46.1 Å². The van der Waals surface area contributed by atoms with E-state index in [-0.39, 0.29) is 18.2 Å². The van der Waals surface area contributed by atoms with E-state index < -0.39 is 5.97 Å². The molecule has 1 heterocycles. The van der Waals surface area contributed by atoms with E-state index in [4.69, 9.17) is 16.3 Å². The Morgan fingerprint density at radius 3 is 2.84 bits per heavy atom. The molecule has 1 aromatic rings. The highest BCUT2D eigenvalue weighted by atomic mass is 35.5. The Hall–Kier alpha value is -1.81. The van der Waals surface area contributed by atoms with Crippen molar-refractivity contribution in [2.75, 3.05) is 7.11 Å². The molecule has 1 amide bonds. The Morgan fingerprint density at radius 1 is 1.47 bits per heavy atom. The van der Waals surface area contributed by atoms with Gasteiger partial charge in [-0.1, -0.05) is 23.7 Å². The largest absolute Gasteiger partial charge is 0.466 e. The molecule has 0 radical (unpaired) electrons. The Balaban J connectivity index is 2.49. The van der Waals surface area contributed by atoms with E-state index in [1.165, 1.54) is 7.11 Å². The van der Waals surface area contributed by atoms with Gasteiger partial charge in [0.15, 0.2) is 0 Å². The lowest BCUT2D eigenvalue weighted by atomic mass is 9.84. The Bertz CT molecular complexity index is 566. The zero-order valence-electron chi connectivity index (χ0n) is 10.7. The minimum Gasteiger partial charge on any atom is -0.466 e. The van der Waals surface area contributed by atoms with Crippen molar-refractivity contribution in [2.24, 2.45) is 0 Å². The van der Waals surface area contributed by atoms with Crippen molar-refractivity contribution in [1.82, 2.24) is 5.32 Å². The number of halogens is 1. The SMILES string of the molecule is COC(=O)C1=C(C)NC(=O)C[C@@H]1c1cccc(Cl)c1. The number of hydrogen-bond donors (Lipinski definition) is 1. The predicted molar refractivity (Wildman–Crippen MR) is 71.7 cm³/mol. The van der Waals surface area contributed by atoms with Crippen LogP contribution in [0.4, 0.5) is 0 Å². The fraction of sp³-hybridized carbons (Fsp3) is 0.286. The van der Waals surface area contributed by atoms with E-state index in [1.807, 2.05) is 6.07 Å². The fourth-order valence-electron chi connectivity index (χ4n) is 2.29. The first-order valence-corrected chi connectivity index (χ1v) is 6.25. The highest BCUT2D eigenvalue weighted by molar-refractivity contribution is 6.30. The zero-order chi connectivity index (χ0) is 14.0. The van der Waals surface area contributed by atoms with Crippen LogP contribution in [0.3, 0.4) is 0 Å². The topological polar surface area (TPSA) is 55.4 Å². The molecule has 1 aromatic carbocycles. The van der Waals surface area contributed by atoms with Crippen LogP contribution >= 0.6 is 11.6 Å². The van der Waals surface area contributed by atoms with Crippen molar-refractivity contribution in [2.45, 2.75) is 19.3 Å². The van der Waals surface area contributed by atoms with Gasteiger partial charge in [0.2, 0.25) is 5.91 Å². The maximum absolute atomic E-state index is 11.9. The third kappa shape index (κ3) is 2.79. The lowest BCUT2D eigenvalue weighted by Crippen LogP contribution is -2.34. The van der Waals surface area contributed by atoms with Crippen LogP contribution < -0.4 is 5.32 Å². The summed E-state index contributed by atoms with van der Waals surface area (Å²) in [6.07, 6.45) is 0.210. The monoisotopic (exact) mass is 279 g/mol. The average Bonchev–Trinajstić information content (AvgIpc) is 2.37. The van der Waals surface area contributed by atoms with Crippen LogP contribution in [0, 0.1) is 0 Å². The average molecular weight is 280 g/mol. The molecule has 0 spiro atoms. The van der Waals surface area contributed by atoms with Crippen molar-refractivity contribution in [1.29, 1.82) is 0 Å². The number of allylic oxidation sites excluding steroid dienone is 1. The molecule has 0 bridgehead atoms. The Labute approximate surface area is 116 Å². The second kappa shape index (κ2) is 5.45. The van der Waals surface area contributed by atoms with Gasteiger partial charge in [0.25, 0.3) is 0 Å². The molecule has 0 aliphatic carbocycles. The summed E-state index contributed by atoms with van der Waals surface area (Å²) in [5.41, 5.74) is 1.85. The van der Waals surface area contributed by atoms with Crippen LogP contribution in [-0.2, 0) is 14.3 Å². The molecular formula is C14H14ClNO3. The van der Waals surface area contributed by atoms with Crippen LogP contribution in [0.15, 0.2) is 35.5 Å². The molecular weight excluding hydrogens is 266 g/mol. The van der Waals surface area contributed by atoms with Gasteiger partial charge >= 0.3 is 5.97 Å². The van der Waals surface area contributed by atoms with Gasteiger partial charge in [0, 0.05) is 23.1 Å². The van der Waals surface area contributed by atoms with Gasteiger partial charge in [-0.15, -0.1) is 0 Å². The highest BCUT2D eigenvalue weighted by Crippen LogP contribution is 2.34. The molecule has 1 aliphatic heterocycles. The van der Waals surface area contributed by atoms with Crippen LogP contribution in [-0.4, -0.2) is 19.0 Å². The number of esters is 1. The summed E-state index contributed by atoms with van der Waals surface area (Å²) >= 11 is 5.97. The van der Waals surface area contributed by atoms with E-state index in [9.17, 15) is 9.59 Å². The summed E-state index contributed by atoms with van der Waals surface area (Å²) in [6.45, 7) is 1.70. The van der Waals surface area contributed by atoms with E-state index >= 15 is 0 Å². The highest BCUT2D eigenvalue weighted by Gasteiger charge is 2.32. The molecule has 0 fully saturated rings. The molecule has 1 atom stereocenters. The fourth-order valence-corrected chi connectivity index (χ4v) is 2.49. The normalized spacial score (nSPS) is 19.1. The van der Waals surface area contributed by atoms with E-state index in [0.717, 1.165) is 5.56 Å². The molecule has 19 heavy (non-hydrogen) atoms. The first-order chi connectivity index (χ1) is 9.02. The van der Waals surface area contributed by atoms with Gasteiger partial charge < -0.3 is 10.1 Å². The second-order valence-electron chi connectivity index (χ2n) is 4.39. The van der Waals surface area contributed by atoms with E-state index in [0.29, 0.717) is 16.3 Å². The second-order valence-corrected chi connectivity index (χ2v) is 4.83. The maximum Gasteiger partial charge on any atom is 0.336 e. The number of nitrogens with one attached hydrogen (secondary N) is 1. The minimum atomic E-state index is -0.428. The van der Waals surface area contributed by atoms with Gasteiger partial charge in [0.05, 0.1) is 12.7 Å². The third-order valence-electron chi connectivity index (χ3n) is 3.13. The van der Waals surface area contributed by atoms with Crippen LogP contribution in [0.25, 0.3) is 0 Å². The summed E-state index contributed by atoms with van der Waals surface area (Å²) < 4.78 is 4.80. The summed E-state index contributed by atoms with van der Waals surface area (Å²) in [6, 6.07) is 7.17. The molecule has 100 valence electrons. The Morgan fingerprint density at radius 2 is 2.21 bits per heavy atom. The number of hydrogen-bond acceptors (Lipinski definition) is 3. The number of methoxy groups -OCH3 is 1. The number of amides is 1. The molecule has 5 heteroatoms.